The maximum Gasteiger partial charge on any atom is 0.0743 e. The highest BCUT2D eigenvalue weighted by molar-refractivity contribution is 4.92. The summed E-state index contributed by atoms with van der Waals surface area (Å²) in [5.41, 5.74) is -0.506. The molecule has 94 valence electrons. The van der Waals surface area contributed by atoms with E-state index >= 15 is 0 Å². The zero-order chi connectivity index (χ0) is 11.6. The minimum atomic E-state index is -0.506. The number of aliphatic hydroxyl groups is 1. The number of hydrogen-bond donors (Lipinski definition) is 2. The van der Waals surface area contributed by atoms with Gasteiger partial charge in [-0.25, -0.2) is 0 Å². The zero-order valence-electron chi connectivity index (χ0n) is 10.6. The van der Waals surface area contributed by atoms with Crippen molar-refractivity contribution in [3.05, 3.63) is 0 Å². The second-order valence-corrected chi connectivity index (χ2v) is 5.48. The molecule has 0 aromatic carbocycles. The van der Waals surface area contributed by atoms with Gasteiger partial charge in [0, 0.05) is 51.9 Å². The van der Waals surface area contributed by atoms with Crippen molar-refractivity contribution in [3.8, 4) is 0 Å². The van der Waals surface area contributed by atoms with E-state index in [0.717, 1.165) is 45.2 Å². The lowest BCUT2D eigenvalue weighted by Crippen LogP contribution is -2.64. The fourth-order valence-corrected chi connectivity index (χ4v) is 2.54. The Kier molecular flexibility index (Phi) is 3.85. The summed E-state index contributed by atoms with van der Waals surface area (Å²) >= 11 is 0. The summed E-state index contributed by atoms with van der Waals surface area (Å²) in [6.45, 7) is 11.7. The normalized spacial score (nSPS) is 28.7. The van der Waals surface area contributed by atoms with Gasteiger partial charge < -0.3 is 10.4 Å². The Morgan fingerprint density at radius 2 is 1.94 bits per heavy atom. The number of nitrogens with zero attached hydrogens (tertiary/aromatic N) is 2. The van der Waals surface area contributed by atoms with Gasteiger partial charge in [-0.05, 0) is 13.3 Å². The maximum atomic E-state index is 9.99. The first-order valence-corrected chi connectivity index (χ1v) is 6.50. The van der Waals surface area contributed by atoms with Crippen LogP contribution in [0.1, 0.15) is 20.3 Å². The first kappa shape index (κ1) is 12.3. The monoisotopic (exact) mass is 227 g/mol. The van der Waals surface area contributed by atoms with E-state index in [9.17, 15) is 5.11 Å². The summed E-state index contributed by atoms with van der Waals surface area (Å²) in [7, 11) is 0. The van der Waals surface area contributed by atoms with E-state index in [0.29, 0.717) is 0 Å². The predicted molar refractivity (Wildman–Crippen MR) is 65.6 cm³/mol. The number of hydrogen-bond acceptors (Lipinski definition) is 4. The van der Waals surface area contributed by atoms with Crippen molar-refractivity contribution in [1.29, 1.82) is 0 Å². The molecule has 0 radical (unpaired) electrons. The third-order valence-electron chi connectivity index (χ3n) is 3.93. The first-order chi connectivity index (χ1) is 7.61. The lowest BCUT2D eigenvalue weighted by atomic mass is 9.98. The van der Waals surface area contributed by atoms with Crippen LogP contribution in [0.2, 0.25) is 0 Å². The lowest BCUT2D eigenvalue weighted by Gasteiger charge is -2.48. The first-order valence-electron chi connectivity index (χ1n) is 6.50. The molecule has 2 aliphatic heterocycles. The van der Waals surface area contributed by atoms with Crippen LogP contribution < -0.4 is 5.32 Å². The Morgan fingerprint density at radius 3 is 2.50 bits per heavy atom. The molecule has 0 bridgehead atoms. The third kappa shape index (κ3) is 2.94. The molecule has 0 aliphatic carbocycles. The predicted octanol–water partition coefficient (Wildman–Crippen LogP) is -0.263. The second-order valence-electron chi connectivity index (χ2n) is 5.48. The van der Waals surface area contributed by atoms with Gasteiger partial charge in [0.25, 0.3) is 0 Å². The van der Waals surface area contributed by atoms with Crippen LogP contribution in [0.3, 0.4) is 0 Å². The molecule has 2 saturated heterocycles. The van der Waals surface area contributed by atoms with Gasteiger partial charge in [0.1, 0.15) is 0 Å². The van der Waals surface area contributed by atoms with Gasteiger partial charge in [-0.2, -0.15) is 0 Å². The molecule has 2 rings (SSSR count). The van der Waals surface area contributed by atoms with Crippen molar-refractivity contribution in [3.63, 3.8) is 0 Å². The van der Waals surface area contributed by atoms with Crippen LogP contribution in [0.4, 0.5) is 0 Å². The average molecular weight is 227 g/mol. The molecule has 2 fully saturated rings. The molecule has 0 aromatic heterocycles. The van der Waals surface area contributed by atoms with E-state index in [1.807, 2.05) is 13.8 Å². The van der Waals surface area contributed by atoms with Crippen molar-refractivity contribution in [2.24, 2.45) is 0 Å². The number of likely N-dealkylation sites (tertiary alicyclic amines) is 1. The fourth-order valence-electron chi connectivity index (χ4n) is 2.54. The van der Waals surface area contributed by atoms with Crippen LogP contribution in [0.25, 0.3) is 0 Å². The lowest BCUT2D eigenvalue weighted by molar-refractivity contribution is -0.0397. The molecule has 0 aromatic rings. The Morgan fingerprint density at radius 1 is 1.31 bits per heavy atom. The molecule has 4 heteroatoms. The van der Waals surface area contributed by atoms with Gasteiger partial charge in [0.2, 0.25) is 0 Å². The fraction of sp³-hybridized carbons (Fsp3) is 1.00. The van der Waals surface area contributed by atoms with E-state index in [1.54, 1.807) is 0 Å². The molecule has 0 spiro atoms. The van der Waals surface area contributed by atoms with Crippen LogP contribution in [-0.2, 0) is 0 Å². The van der Waals surface area contributed by atoms with E-state index in [4.69, 9.17) is 0 Å². The standard InChI is InChI=1S/C12H25N3O/c1-3-12(2,16)10-14-8-11(9-14)15-6-4-13-5-7-15/h11,13,16H,3-10H2,1-2H3. The topological polar surface area (TPSA) is 38.7 Å². The number of β-amino-alcohol motifs (C(OH)–C–C–N with tert-alkyl or cyclic N) is 1. The molecule has 2 N–H and O–H groups in total. The van der Waals surface area contributed by atoms with Crippen molar-refractivity contribution < 1.29 is 5.11 Å². The summed E-state index contributed by atoms with van der Waals surface area (Å²) in [6, 6.07) is 0.731. The van der Waals surface area contributed by atoms with Gasteiger partial charge in [0.05, 0.1) is 5.60 Å². The maximum absolute atomic E-state index is 9.99. The summed E-state index contributed by atoms with van der Waals surface area (Å²) in [5, 5.41) is 13.4. The van der Waals surface area contributed by atoms with Crippen LogP contribution in [0.15, 0.2) is 0 Å². The van der Waals surface area contributed by atoms with Gasteiger partial charge in [-0.1, -0.05) is 6.92 Å². The van der Waals surface area contributed by atoms with Crippen LogP contribution in [-0.4, -0.2) is 72.4 Å². The molecule has 4 nitrogen and oxygen atoms in total. The van der Waals surface area contributed by atoms with Crippen molar-refractivity contribution in [2.45, 2.75) is 31.9 Å². The van der Waals surface area contributed by atoms with Gasteiger partial charge in [0.15, 0.2) is 0 Å². The largest absolute Gasteiger partial charge is 0.389 e. The molecule has 2 heterocycles. The van der Waals surface area contributed by atoms with Crippen molar-refractivity contribution >= 4 is 0 Å². The van der Waals surface area contributed by atoms with Crippen LogP contribution in [0, 0.1) is 0 Å². The van der Waals surface area contributed by atoms with E-state index in [-0.39, 0.29) is 0 Å². The number of rotatable bonds is 4. The highest BCUT2D eigenvalue weighted by Crippen LogP contribution is 2.19. The quantitative estimate of drug-likeness (QED) is 0.694. The van der Waals surface area contributed by atoms with Crippen molar-refractivity contribution in [2.75, 3.05) is 45.8 Å². The summed E-state index contributed by atoms with van der Waals surface area (Å²) in [5.74, 6) is 0. The Balaban J connectivity index is 1.69. The molecular weight excluding hydrogens is 202 g/mol. The molecule has 0 saturated carbocycles. The second kappa shape index (κ2) is 5.00. The van der Waals surface area contributed by atoms with E-state index < -0.39 is 5.60 Å². The number of nitrogens with one attached hydrogen (secondary N) is 1. The van der Waals surface area contributed by atoms with Gasteiger partial charge >= 0.3 is 0 Å². The highest BCUT2D eigenvalue weighted by atomic mass is 16.3. The number of piperazine rings is 1. The van der Waals surface area contributed by atoms with Crippen LogP contribution in [0.5, 0.6) is 0 Å². The SMILES string of the molecule is CCC(C)(O)CN1CC(N2CCNCC2)C1. The van der Waals surface area contributed by atoms with Gasteiger partial charge in [-0.3, -0.25) is 9.80 Å². The van der Waals surface area contributed by atoms with E-state index in [1.165, 1.54) is 13.1 Å². The molecular formula is C12H25N3O. The van der Waals surface area contributed by atoms with Gasteiger partial charge in [-0.15, -0.1) is 0 Å². The Bertz CT molecular complexity index is 220. The average Bonchev–Trinajstić information content (AvgIpc) is 2.24. The Hall–Kier alpha value is -0.160. The van der Waals surface area contributed by atoms with Crippen LogP contribution >= 0.6 is 0 Å². The molecule has 2 aliphatic rings. The van der Waals surface area contributed by atoms with Crippen molar-refractivity contribution in [1.82, 2.24) is 15.1 Å². The van der Waals surface area contributed by atoms with E-state index in [2.05, 4.69) is 15.1 Å². The molecule has 1 unspecified atom stereocenters. The Labute approximate surface area is 98.6 Å². The molecule has 0 amide bonds. The highest BCUT2D eigenvalue weighted by Gasteiger charge is 2.35. The smallest absolute Gasteiger partial charge is 0.0743 e. The minimum Gasteiger partial charge on any atom is -0.389 e. The summed E-state index contributed by atoms with van der Waals surface area (Å²) in [6.07, 6.45) is 0.835. The molecule has 1 atom stereocenters. The zero-order valence-corrected chi connectivity index (χ0v) is 10.6. The third-order valence-corrected chi connectivity index (χ3v) is 3.93. The minimum absolute atomic E-state index is 0.506. The summed E-state index contributed by atoms with van der Waals surface area (Å²) < 4.78 is 0. The summed E-state index contributed by atoms with van der Waals surface area (Å²) in [4.78, 5) is 4.95. The molecule has 16 heavy (non-hydrogen) atoms.